The van der Waals surface area contributed by atoms with E-state index in [9.17, 15) is 9.59 Å². The first kappa shape index (κ1) is 15.6. The predicted molar refractivity (Wildman–Crippen MR) is 89.9 cm³/mol. The first-order chi connectivity index (χ1) is 11.0. The molecule has 1 aliphatic rings. The Morgan fingerprint density at radius 1 is 1.52 bits per heavy atom. The lowest BCUT2D eigenvalue weighted by molar-refractivity contribution is -0.114. The third kappa shape index (κ3) is 3.09. The monoisotopic (exact) mass is 381 g/mol. The molecule has 1 atom stereocenters. The number of carboxylic acid groups (broad SMARTS) is 1. The molecule has 0 aliphatic carbocycles. The molecular weight excluding hydrogens is 366 g/mol. The highest BCUT2D eigenvalue weighted by molar-refractivity contribution is 9.10. The number of amides is 2. The molecular formula is C14H16BrN5O3. The molecule has 0 bridgehead atoms. The van der Waals surface area contributed by atoms with Gasteiger partial charge in [-0.3, -0.25) is 4.79 Å². The molecule has 1 fully saturated rings. The average molecular weight is 382 g/mol. The minimum Gasteiger partial charge on any atom is -0.465 e. The Morgan fingerprint density at radius 2 is 2.30 bits per heavy atom. The fourth-order valence-electron chi connectivity index (χ4n) is 2.91. The lowest BCUT2D eigenvalue weighted by atomic mass is 10.2. The zero-order chi connectivity index (χ0) is 16.6. The summed E-state index contributed by atoms with van der Waals surface area (Å²) in [5, 5.41) is 15.0. The molecule has 1 unspecified atom stereocenters. The number of rotatable bonds is 3. The van der Waals surface area contributed by atoms with Gasteiger partial charge >= 0.3 is 6.09 Å². The van der Waals surface area contributed by atoms with E-state index in [0.29, 0.717) is 24.4 Å². The summed E-state index contributed by atoms with van der Waals surface area (Å²) in [6.45, 7) is 2.73. The Morgan fingerprint density at radius 3 is 3.00 bits per heavy atom. The van der Waals surface area contributed by atoms with E-state index in [1.54, 1.807) is 12.4 Å². The highest BCUT2D eigenvalue weighted by Crippen LogP contribution is 2.39. The van der Waals surface area contributed by atoms with Gasteiger partial charge < -0.3 is 25.6 Å². The van der Waals surface area contributed by atoms with Crippen molar-refractivity contribution in [2.45, 2.75) is 19.4 Å². The van der Waals surface area contributed by atoms with Gasteiger partial charge in [-0.25, -0.2) is 9.78 Å². The molecule has 2 amide bonds. The number of pyridine rings is 1. The van der Waals surface area contributed by atoms with Crippen LogP contribution in [0.5, 0.6) is 0 Å². The molecule has 0 aromatic carbocycles. The third-order valence-corrected chi connectivity index (χ3v) is 4.35. The normalized spacial score (nSPS) is 17.5. The molecule has 8 nitrogen and oxygen atoms in total. The number of nitrogens with zero attached hydrogens (tertiary/aromatic N) is 2. The summed E-state index contributed by atoms with van der Waals surface area (Å²) in [7, 11) is 0. The first-order valence-electron chi connectivity index (χ1n) is 7.13. The van der Waals surface area contributed by atoms with E-state index in [0.717, 1.165) is 22.0 Å². The molecule has 1 saturated heterocycles. The number of hydrogen-bond acceptors (Lipinski definition) is 4. The molecule has 2 aromatic heterocycles. The second-order valence-electron chi connectivity index (χ2n) is 5.44. The number of carbonyl (C=O) groups excluding carboxylic acids is 1. The van der Waals surface area contributed by atoms with E-state index >= 15 is 0 Å². The van der Waals surface area contributed by atoms with Crippen molar-refractivity contribution in [3.8, 4) is 0 Å². The molecule has 2 aromatic rings. The Labute approximate surface area is 140 Å². The standard InChI is InChI=1S/C14H16BrN5O3/c1-7(21)18-10-5-17-13-11(10)12(9(15)4-16-13)20-3-2-8(6-20)19-14(22)23/h4-5,8,19H,2-3,6H2,1H3,(H,16,17)(H,18,21)(H,22,23). The summed E-state index contributed by atoms with van der Waals surface area (Å²) >= 11 is 3.52. The van der Waals surface area contributed by atoms with Gasteiger partial charge in [-0.2, -0.15) is 0 Å². The number of nitrogens with one attached hydrogen (secondary N) is 3. The fraction of sp³-hybridized carbons (Fsp3) is 0.357. The van der Waals surface area contributed by atoms with Crippen LogP contribution in [0.1, 0.15) is 13.3 Å². The molecule has 0 saturated carbocycles. The van der Waals surface area contributed by atoms with Crippen molar-refractivity contribution in [2.75, 3.05) is 23.3 Å². The smallest absolute Gasteiger partial charge is 0.404 e. The number of fused-ring (bicyclic) bond motifs is 1. The van der Waals surface area contributed by atoms with Crippen LogP contribution in [0.25, 0.3) is 11.0 Å². The molecule has 23 heavy (non-hydrogen) atoms. The number of halogens is 1. The van der Waals surface area contributed by atoms with Gasteiger partial charge in [-0.1, -0.05) is 0 Å². The Balaban J connectivity index is 1.99. The average Bonchev–Trinajstić information content (AvgIpc) is 3.06. The molecule has 0 spiro atoms. The minimum atomic E-state index is -1.02. The summed E-state index contributed by atoms with van der Waals surface area (Å²) in [4.78, 5) is 31.7. The van der Waals surface area contributed by atoms with Gasteiger partial charge in [0.2, 0.25) is 5.91 Å². The number of carbonyl (C=O) groups is 2. The number of H-pyrrole nitrogens is 1. The van der Waals surface area contributed by atoms with E-state index in [1.165, 1.54) is 6.92 Å². The van der Waals surface area contributed by atoms with Crippen LogP contribution in [-0.4, -0.2) is 46.2 Å². The molecule has 0 radical (unpaired) electrons. The molecule has 9 heteroatoms. The van der Waals surface area contributed by atoms with Crippen LogP contribution in [0, 0.1) is 0 Å². The maximum atomic E-state index is 11.4. The quantitative estimate of drug-likeness (QED) is 0.650. The lowest BCUT2D eigenvalue weighted by Crippen LogP contribution is -2.36. The van der Waals surface area contributed by atoms with Crippen molar-refractivity contribution >= 4 is 50.3 Å². The van der Waals surface area contributed by atoms with Crippen LogP contribution in [0.15, 0.2) is 16.9 Å². The van der Waals surface area contributed by atoms with Crippen molar-refractivity contribution < 1.29 is 14.7 Å². The summed E-state index contributed by atoms with van der Waals surface area (Å²) in [5.41, 5.74) is 2.22. The zero-order valence-electron chi connectivity index (χ0n) is 12.4. The van der Waals surface area contributed by atoms with Gasteiger partial charge in [0.25, 0.3) is 0 Å². The number of anilines is 2. The molecule has 4 N–H and O–H groups in total. The van der Waals surface area contributed by atoms with Crippen molar-refractivity contribution in [3.05, 3.63) is 16.9 Å². The van der Waals surface area contributed by atoms with E-state index in [-0.39, 0.29) is 11.9 Å². The second-order valence-corrected chi connectivity index (χ2v) is 6.30. The highest BCUT2D eigenvalue weighted by atomic mass is 79.9. The fourth-order valence-corrected chi connectivity index (χ4v) is 3.46. The largest absolute Gasteiger partial charge is 0.465 e. The summed E-state index contributed by atoms with van der Waals surface area (Å²) in [6, 6.07) is -0.120. The van der Waals surface area contributed by atoms with Crippen molar-refractivity contribution in [1.29, 1.82) is 0 Å². The van der Waals surface area contributed by atoms with Gasteiger partial charge in [0.15, 0.2) is 0 Å². The summed E-state index contributed by atoms with van der Waals surface area (Å²) in [6.07, 6.45) is 3.11. The van der Waals surface area contributed by atoms with Crippen LogP contribution in [-0.2, 0) is 4.79 Å². The Kier molecular flexibility index (Phi) is 4.12. The highest BCUT2D eigenvalue weighted by Gasteiger charge is 2.28. The van der Waals surface area contributed by atoms with Gasteiger partial charge in [-0.05, 0) is 22.4 Å². The minimum absolute atomic E-state index is 0.120. The van der Waals surface area contributed by atoms with Crippen molar-refractivity contribution in [3.63, 3.8) is 0 Å². The first-order valence-corrected chi connectivity index (χ1v) is 7.92. The maximum Gasteiger partial charge on any atom is 0.404 e. The van der Waals surface area contributed by atoms with Gasteiger partial charge in [0, 0.05) is 32.4 Å². The number of hydrogen-bond donors (Lipinski definition) is 4. The molecule has 122 valence electrons. The SMILES string of the molecule is CC(=O)Nc1c[nH]c2ncc(Br)c(N3CCC(NC(=O)O)C3)c12. The molecule has 1 aliphatic heterocycles. The number of aromatic amines is 1. The van der Waals surface area contributed by atoms with E-state index in [2.05, 4.69) is 41.4 Å². The summed E-state index contributed by atoms with van der Waals surface area (Å²) < 4.78 is 0.798. The molecule has 3 rings (SSSR count). The van der Waals surface area contributed by atoms with Gasteiger partial charge in [-0.15, -0.1) is 0 Å². The predicted octanol–water partition coefficient (Wildman–Crippen LogP) is 2.13. The van der Waals surface area contributed by atoms with Crippen LogP contribution in [0.2, 0.25) is 0 Å². The van der Waals surface area contributed by atoms with Crippen LogP contribution < -0.4 is 15.5 Å². The van der Waals surface area contributed by atoms with E-state index < -0.39 is 6.09 Å². The maximum absolute atomic E-state index is 11.4. The van der Waals surface area contributed by atoms with Crippen LogP contribution in [0.3, 0.4) is 0 Å². The van der Waals surface area contributed by atoms with Gasteiger partial charge in [0.1, 0.15) is 5.65 Å². The number of aromatic nitrogens is 2. The third-order valence-electron chi connectivity index (χ3n) is 3.77. The Hall–Kier alpha value is -2.29. The topological polar surface area (TPSA) is 110 Å². The summed E-state index contributed by atoms with van der Waals surface area (Å²) in [5.74, 6) is -0.163. The molecule has 3 heterocycles. The van der Waals surface area contributed by atoms with Crippen molar-refractivity contribution in [1.82, 2.24) is 15.3 Å². The zero-order valence-corrected chi connectivity index (χ0v) is 14.0. The van der Waals surface area contributed by atoms with Crippen LogP contribution >= 0.6 is 15.9 Å². The van der Waals surface area contributed by atoms with E-state index in [4.69, 9.17) is 5.11 Å². The second kappa shape index (κ2) is 6.07. The van der Waals surface area contributed by atoms with Gasteiger partial charge in [0.05, 0.1) is 27.3 Å². The lowest BCUT2D eigenvalue weighted by Gasteiger charge is -2.21. The van der Waals surface area contributed by atoms with Crippen molar-refractivity contribution in [2.24, 2.45) is 0 Å². The van der Waals surface area contributed by atoms with E-state index in [1.807, 2.05) is 0 Å². The van der Waals surface area contributed by atoms with Crippen LogP contribution in [0.4, 0.5) is 16.2 Å². The Bertz CT molecular complexity index is 775.